The van der Waals surface area contributed by atoms with Gasteiger partial charge in [-0.05, 0) is 19.4 Å². The Balaban J connectivity index is 1.84. The van der Waals surface area contributed by atoms with Gasteiger partial charge in [-0.1, -0.05) is 30.3 Å². The summed E-state index contributed by atoms with van der Waals surface area (Å²) in [6.07, 6.45) is 1.28. The first-order valence-corrected chi connectivity index (χ1v) is 8.27. The van der Waals surface area contributed by atoms with Crippen LogP contribution < -0.4 is 10.9 Å². The van der Waals surface area contributed by atoms with Gasteiger partial charge in [0.05, 0.1) is 11.0 Å². The maximum atomic E-state index is 12.5. The highest BCUT2D eigenvalue weighted by molar-refractivity contribution is 7.07. The summed E-state index contributed by atoms with van der Waals surface area (Å²) in [6, 6.07) is 9.57. The Hall–Kier alpha value is -2.80. The van der Waals surface area contributed by atoms with Crippen molar-refractivity contribution in [3.05, 3.63) is 68.9 Å². The van der Waals surface area contributed by atoms with Crippen LogP contribution in [0.3, 0.4) is 0 Å². The minimum Gasteiger partial charge on any atom is -0.343 e. The van der Waals surface area contributed by atoms with E-state index in [1.54, 1.807) is 10.9 Å². The van der Waals surface area contributed by atoms with Crippen LogP contribution in [0.4, 0.5) is 0 Å². The summed E-state index contributed by atoms with van der Waals surface area (Å²) in [7, 11) is 0. The fraction of sp³-hybridized carbons (Fsp3) is 0.176. The maximum absolute atomic E-state index is 12.5. The third-order valence-corrected chi connectivity index (χ3v) is 4.23. The number of nitrogens with one attached hydrogen (secondary N) is 2. The summed E-state index contributed by atoms with van der Waals surface area (Å²) >= 11 is 1.40. The van der Waals surface area contributed by atoms with E-state index < -0.39 is 17.0 Å². The average Bonchev–Trinajstić information content (AvgIpc) is 3.09. The molecule has 0 spiro atoms. The lowest BCUT2D eigenvalue weighted by Gasteiger charge is -2.26. The van der Waals surface area contributed by atoms with Gasteiger partial charge in [0, 0.05) is 11.6 Å². The zero-order chi connectivity index (χ0) is 17.2. The summed E-state index contributed by atoms with van der Waals surface area (Å²) in [5.74, 6) is -0.123. The molecule has 0 aliphatic rings. The van der Waals surface area contributed by atoms with Crippen LogP contribution in [0.25, 0.3) is 11.5 Å². The van der Waals surface area contributed by atoms with Gasteiger partial charge in [0.25, 0.3) is 11.5 Å². The molecule has 0 radical (unpaired) electrons. The first kappa shape index (κ1) is 16.1. The molecule has 0 aliphatic heterocycles. The Morgan fingerprint density at radius 3 is 2.58 bits per heavy atom. The molecule has 0 saturated carbocycles. The molecular formula is C17H16N4O2S. The van der Waals surface area contributed by atoms with E-state index >= 15 is 0 Å². The largest absolute Gasteiger partial charge is 0.343 e. The number of aromatic amines is 1. The van der Waals surface area contributed by atoms with Gasteiger partial charge in [0.1, 0.15) is 11.3 Å². The van der Waals surface area contributed by atoms with Crippen molar-refractivity contribution in [3.63, 3.8) is 0 Å². The first-order valence-electron chi connectivity index (χ1n) is 7.33. The number of amides is 1. The zero-order valence-electron chi connectivity index (χ0n) is 13.2. The summed E-state index contributed by atoms with van der Waals surface area (Å²) in [4.78, 5) is 35.5. The molecule has 122 valence electrons. The van der Waals surface area contributed by atoms with E-state index in [4.69, 9.17) is 0 Å². The van der Waals surface area contributed by atoms with Gasteiger partial charge in [-0.3, -0.25) is 9.59 Å². The van der Waals surface area contributed by atoms with Crippen molar-refractivity contribution in [1.82, 2.24) is 20.3 Å². The van der Waals surface area contributed by atoms with Crippen LogP contribution in [0.2, 0.25) is 0 Å². The predicted octanol–water partition coefficient (Wildman–Crippen LogP) is 2.56. The van der Waals surface area contributed by atoms with Gasteiger partial charge in [0.15, 0.2) is 5.82 Å². The highest BCUT2D eigenvalue weighted by Crippen LogP contribution is 2.20. The van der Waals surface area contributed by atoms with Crippen molar-refractivity contribution in [2.24, 2.45) is 0 Å². The number of carbonyl (C=O) groups is 1. The van der Waals surface area contributed by atoms with E-state index in [9.17, 15) is 9.59 Å². The number of rotatable bonds is 4. The normalized spacial score (nSPS) is 11.2. The van der Waals surface area contributed by atoms with Gasteiger partial charge in [-0.2, -0.15) is 0 Å². The molecule has 2 N–H and O–H groups in total. The predicted molar refractivity (Wildman–Crippen MR) is 92.9 cm³/mol. The zero-order valence-corrected chi connectivity index (χ0v) is 14.1. The van der Waals surface area contributed by atoms with Gasteiger partial charge in [-0.25, -0.2) is 9.97 Å². The number of thiazole rings is 1. The van der Waals surface area contributed by atoms with Crippen LogP contribution in [0.5, 0.6) is 0 Å². The molecule has 6 nitrogen and oxygen atoms in total. The fourth-order valence-corrected chi connectivity index (χ4v) is 2.83. The smallest absolute Gasteiger partial charge is 0.264 e. The second-order valence-corrected chi connectivity index (χ2v) is 6.51. The molecule has 2 aromatic heterocycles. The topological polar surface area (TPSA) is 87.7 Å². The van der Waals surface area contributed by atoms with Crippen molar-refractivity contribution >= 4 is 17.2 Å². The lowest BCUT2D eigenvalue weighted by molar-refractivity contribution is 0.0910. The molecule has 0 fully saturated rings. The Morgan fingerprint density at radius 2 is 1.96 bits per heavy atom. The summed E-state index contributed by atoms with van der Waals surface area (Å²) in [5.41, 5.74) is 2.04. The summed E-state index contributed by atoms with van der Waals surface area (Å²) < 4.78 is 0. The number of H-pyrrole nitrogens is 1. The standard InChI is InChI=1S/C17H16N4O2S/c1-17(2,11-6-4-3-5-7-11)21-16(23)12-8-18-14(20-15(12)22)13-9-24-10-19-13/h3-10H,1-2H3,(H,21,23)(H,18,20,22). The van der Waals surface area contributed by atoms with Crippen molar-refractivity contribution in [2.45, 2.75) is 19.4 Å². The highest BCUT2D eigenvalue weighted by atomic mass is 32.1. The van der Waals surface area contributed by atoms with E-state index in [1.807, 2.05) is 44.2 Å². The molecule has 3 aromatic rings. The average molecular weight is 340 g/mol. The lowest BCUT2D eigenvalue weighted by atomic mass is 9.94. The molecule has 1 amide bonds. The van der Waals surface area contributed by atoms with E-state index in [1.165, 1.54) is 17.5 Å². The number of benzene rings is 1. The van der Waals surface area contributed by atoms with Gasteiger partial charge < -0.3 is 10.3 Å². The number of hydrogen-bond acceptors (Lipinski definition) is 5. The van der Waals surface area contributed by atoms with E-state index in [0.29, 0.717) is 11.5 Å². The summed E-state index contributed by atoms with van der Waals surface area (Å²) in [5, 5.41) is 4.65. The summed E-state index contributed by atoms with van der Waals surface area (Å²) in [6.45, 7) is 3.76. The molecule has 3 rings (SSSR count). The molecule has 0 saturated heterocycles. The molecule has 0 aliphatic carbocycles. The van der Waals surface area contributed by atoms with E-state index in [-0.39, 0.29) is 5.56 Å². The molecule has 0 atom stereocenters. The molecule has 24 heavy (non-hydrogen) atoms. The van der Waals surface area contributed by atoms with Crippen molar-refractivity contribution in [3.8, 4) is 11.5 Å². The van der Waals surface area contributed by atoms with Crippen LogP contribution >= 0.6 is 11.3 Å². The lowest BCUT2D eigenvalue weighted by Crippen LogP contribution is -2.42. The Morgan fingerprint density at radius 1 is 1.21 bits per heavy atom. The Bertz CT molecular complexity index is 902. The van der Waals surface area contributed by atoms with Crippen molar-refractivity contribution < 1.29 is 4.79 Å². The van der Waals surface area contributed by atoms with Crippen LogP contribution in [0.15, 0.2) is 52.2 Å². The van der Waals surface area contributed by atoms with E-state index in [2.05, 4.69) is 20.3 Å². The SMILES string of the molecule is CC(C)(NC(=O)c1cnc(-c2cscn2)[nH]c1=O)c1ccccc1. The van der Waals surface area contributed by atoms with Crippen molar-refractivity contribution in [2.75, 3.05) is 0 Å². The molecule has 7 heteroatoms. The van der Waals surface area contributed by atoms with Gasteiger partial charge in [0.2, 0.25) is 0 Å². The third kappa shape index (κ3) is 3.26. The molecule has 0 bridgehead atoms. The molecular weight excluding hydrogens is 324 g/mol. The third-order valence-electron chi connectivity index (χ3n) is 3.64. The van der Waals surface area contributed by atoms with Gasteiger partial charge in [-0.15, -0.1) is 11.3 Å². The number of aromatic nitrogens is 3. The van der Waals surface area contributed by atoms with Crippen LogP contribution in [0, 0.1) is 0 Å². The van der Waals surface area contributed by atoms with Crippen LogP contribution in [0.1, 0.15) is 29.8 Å². The molecule has 0 unspecified atom stereocenters. The quantitative estimate of drug-likeness (QED) is 0.764. The second-order valence-electron chi connectivity index (χ2n) is 5.79. The second kappa shape index (κ2) is 6.37. The fourth-order valence-electron chi connectivity index (χ4n) is 2.29. The number of carbonyl (C=O) groups excluding carboxylic acids is 1. The van der Waals surface area contributed by atoms with Crippen molar-refractivity contribution in [1.29, 1.82) is 0 Å². The minimum absolute atomic E-state index is 0.0296. The Labute approximate surface area is 142 Å². The highest BCUT2D eigenvalue weighted by Gasteiger charge is 2.24. The monoisotopic (exact) mass is 340 g/mol. The van der Waals surface area contributed by atoms with E-state index in [0.717, 1.165) is 5.56 Å². The number of hydrogen-bond donors (Lipinski definition) is 2. The number of nitrogens with zero attached hydrogens (tertiary/aromatic N) is 2. The Kier molecular flexibility index (Phi) is 4.26. The molecule has 1 aromatic carbocycles. The van der Waals surface area contributed by atoms with Gasteiger partial charge >= 0.3 is 0 Å². The first-order chi connectivity index (χ1) is 11.5. The molecule has 2 heterocycles. The van der Waals surface area contributed by atoms with Crippen LogP contribution in [-0.4, -0.2) is 20.9 Å². The van der Waals surface area contributed by atoms with Crippen LogP contribution in [-0.2, 0) is 5.54 Å². The minimum atomic E-state index is -0.613. The maximum Gasteiger partial charge on any atom is 0.264 e.